The van der Waals surface area contributed by atoms with Crippen LogP contribution < -0.4 is 10.0 Å². The molecule has 0 fully saturated rings. The van der Waals surface area contributed by atoms with Crippen LogP contribution in [0.25, 0.3) is 0 Å². The quantitative estimate of drug-likeness (QED) is 0.531. The molecular formula is C21H17Cl2FN2O3S. The van der Waals surface area contributed by atoms with Gasteiger partial charge in [0.2, 0.25) is 15.9 Å². The summed E-state index contributed by atoms with van der Waals surface area (Å²) in [5.74, 6) is -1.16. The molecule has 1 unspecified atom stereocenters. The average molecular weight is 467 g/mol. The fourth-order valence-corrected chi connectivity index (χ4v) is 4.48. The van der Waals surface area contributed by atoms with Crippen molar-refractivity contribution in [2.45, 2.75) is 17.4 Å². The van der Waals surface area contributed by atoms with Gasteiger partial charge in [0.25, 0.3) is 0 Å². The molecule has 0 bridgehead atoms. The van der Waals surface area contributed by atoms with Crippen molar-refractivity contribution >= 4 is 44.8 Å². The van der Waals surface area contributed by atoms with E-state index in [-0.39, 0.29) is 11.3 Å². The van der Waals surface area contributed by atoms with E-state index in [1.807, 2.05) is 6.07 Å². The summed E-state index contributed by atoms with van der Waals surface area (Å²) in [6.45, 7) is 0. The third-order valence-electron chi connectivity index (χ3n) is 4.15. The van der Waals surface area contributed by atoms with Gasteiger partial charge in [-0.1, -0.05) is 53.5 Å². The highest BCUT2D eigenvalue weighted by atomic mass is 35.5. The summed E-state index contributed by atoms with van der Waals surface area (Å²) in [6.07, 6.45) is 0.0986. The van der Waals surface area contributed by atoms with E-state index in [9.17, 15) is 17.6 Å². The van der Waals surface area contributed by atoms with Crippen LogP contribution in [0, 0.1) is 5.82 Å². The summed E-state index contributed by atoms with van der Waals surface area (Å²) in [7, 11) is -4.08. The molecular weight excluding hydrogens is 450 g/mol. The van der Waals surface area contributed by atoms with Crippen LogP contribution in [0.2, 0.25) is 10.0 Å². The van der Waals surface area contributed by atoms with Crippen molar-refractivity contribution < 1.29 is 17.6 Å². The lowest BCUT2D eigenvalue weighted by atomic mass is 10.1. The minimum atomic E-state index is -4.08. The van der Waals surface area contributed by atoms with Crippen molar-refractivity contribution in [1.82, 2.24) is 4.72 Å². The summed E-state index contributed by atoms with van der Waals surface area (Å²) in [4.78, 5) is 12.8. The fourth-order valence-electron chi connectivity index (χ4n) is 2.76. The molecule has 156 valence electrons. The van der Waals surface area contributed by atoms with E-state index in [0.717, 1.165) is 29.8 Å². The number of halogens is 3. The molecule has 0 radical (unpaired) electrons. The second kappa shape index (κ2) is 9.57. The second-order valence-electron chi connectivity index (χ2n) is 6.46. The van der Waals surface area contributed by atoms with Crippen molar-refractivity contribution in [2.24, 2.45) is 0 Å². The van der Waals surface area contributed by atoms with Gasteiger partial charge in [0.05, 0.1) is 4.90 Å². The van der Waals surface area contributed by atoms with E-state index >= 15 is 0 Å². The third-order valence-corrected chi connectivity index (χ3v) is 6.07. The minimum Gasteiger partial charge on any atom is -0.325 e. The first-order valence-electron chi connectivity index (χ1n) is 8.82. The first-order valence-corrected chi connectivity index (χ1v) is 11.1. The van der Waals surface area contributed by atoms with Gasteiger partial charge in [0.15, 0.2) is 0 Å². The molecule has 9 heteroatoms. The Bertz CT molecular complexity index is 1120. The van der Waals surface area contributed by atoms with E-state index in [1.165, 1.54) is 18.2 Å². The number of sulfonamides is 1. The van der Waals surface area contributed by atoms with Gasteiger partial charge < -0.3 is 5.32 Å². The molecule has 5 nitrogen and oxygen atoms in total. The van der Waals surface area contributed by atoms with Crippen molar-refractivity contribution in [3.05, 3.63) is 94.2 Å². The van der Waals surface area contributed by atoms with Gasteiger partial charge in [0, 0.05) is 15.7 Å². The van der Waals surface area contributed by atoms with Gasteiger partial charge in [-0.15, -0.1) is 0 Å². The number of amides is 1. The number of rotatable bonds is 7. The van der Waals surface area contributed by atoms with Crippen molar-refractivity contribution in [2.75, 3.05) is 5.32 Å². The fraction of sp³-hybridized carbons (Fsp3) is 0.0952. The monoisotopic (exact) mass is 466 g/mol. The minimum absolute atomic E-state index is 0.0986. The van der Waals surface area contributed by atoms with Crippen LogP contribution in [0.5, 0.6) is 0 Å². The van der Waals surface area contributed by atoms with Crippen LogP contribution in [0.1, 0.15) is 5.56 Å². The molecule has 30 heavy (non-hydrogen) atoms. The van der Waals surface area contributed by atoms with E-state index in [2.05, 4.69) is 10.0 Å². The van der Waals surface area contributed by atoms with Gasteiger partial charge in [-0.2, -0.15) is 4.72 Å². The standard InChI is InChI=1S/C21H17Cl2FN2O3S/c22-15-11-16(23)13-18(12-15)25-21(27)20(10-14-4-2-1-3-5-14)26-30(28,29)19-8-6-17(24)7-9-19/h1-9,11-13,20,26H,10H2,(H,25,27). The van der Waals surface area contributed by atoms with E-state index in [0.29, 0.717) is 15.7 Å². The molecule has 1 atom stereocenters. The van der Waals surface area contributed by atoms with Crippen LogP contribution >= 0.6 is 23.2 Å². The molecule has 3 rings (SSSR count). The Kier molecular flexibility index (Phi) is 7.10. The Morgan fingerprint density at radius 2 is 1.53 bits per heavy atom. The molecule has 0 aliphatic rings. The molecule has 0 aliphatic heterocycles. The molecule has 3 aromatic carbocycles. The SMILES string of the molecule is O=C(Nc1cc(Cl)cc(Cl)c1)C(Cc1ccccc1)NS(=O)(=O)c1ccc(F)cc1. The van der Waals surface area contributed by atoms with Crippen LogP contribution in [-0.4, -0.2) is 20.4 Å². The average Bonchev–Trinajstić information content (AvgIpc) is 2.67. The highest BCUT2D eigenvalue weighted by Crippen LogP contribution is 2.23. The topological polar surface area (TPSA) is 75.3 Å². The summed E-state index contributed by atoms with van der Waals surface area (Å²) in [5.41, 5.74) is 1.08. The van der Waals surface area contributed by atoms with E-state index < -0.39 is 27.8 Å². The largest absolute Gasteiger partial charge is 0.325 e. The second-order valence-corrected chi connectivity index (χ2v) is 9.05. The lowest BCUT2D eigenvalue weighted by Crippen LogP contribution is -2.45. The molecule has 0 spiro atoms. The Morgan fingerprint density at radius 3 is 2.13 bits per heavy atom. The van der Waals surface area contributed by atoms with Crippen LogP contribution in [-0.2, 0) is 21.2 Å². The predicted molar refractivity (Wildman–Crippen MR) is 116 cm³/mol. The summed E-state index contributed by atoms with van der Waals surface area (Å²) >= 11 is 11.9. The smallest absolute Gasteiger partial charge is 0.242 e. The summed E-state index contributed by atoms with van der Waals surface area (Å²) < 4.78 is 41.1. The molecule has 0 saturated heterocycles. The molecule has 0 saturated carbocycles. The van der Waals surface area contributed by atoms with Gasteiger partial charge in [0.1, 0.15) is 11.9 Å². The Balaban J connectivity index is 1.87. The van der Waals surface area contributed by atoms with Gasteiger partial charge >= 0.3 is 0 Å². The summed E-state index contributed by atoms with van der Waals surface area (Å²) in [5, 5.41) is 3.28. The van der Waals surface area contributed by atoms with E-state index in [1.54, 1.807) is 24.3 Å². The highest BCUT2D eigenvalue weighted by Gasteiger charge is 2.26. The number of nitrogens with one attached hydrogen (secondary N) is 2. The number of carbonyl (C=O) groups excluding carboxylic acids is 1. The zero-order valence-corrected chi connectivity index (χ0v) is 17.8. The number of hydrogen-bond acceptors (Lipinski definition) is 3. The number of hydrogen-bond donors (Lipinski definition) is 2. The maximum absolute atomic E-state index is 13.2. The van der Waals surface area contributed by atoms with Crippen LogP contribution in [0.4, 0.5) is 10.1 Å². The Hall–Kier alpha value is -2.45. The van der Waals surface area contributed by atoms with Gasteiger partial charge in [-0.05, 0) is 54.4 Å². The van der Waals surface area contributed by atoms with Gasteiger partial charge in [-0.3, -0.25) is 4.79 Å². The zero-order valence-electron chi connectivity index (χ0n) is 15.5. The normalized spacial score (nSPS) is 12.4. The molecule has 2 N–H and O–H groups in total. The van der Waals surface area contributed by atoms with Crippen molar-refractivity contribution in [3.63, 3.8) is 0 Å². The maximum Gasteiger partial charge on any atom is 0.242 e. The van der Waals surface area contributed by atoms with Gasteiger partial charge in [-0.25, -0.2) is 12.8 Å². The zero-order chi connectivity index (χ0) is 21.7. The van der Waals surface area contributed by atoms with Crippen molar-refractivity contribution in [1.29, 1.82) is 0 Å². The Labute approximate surface area is 183 Å². The van der Waals surface area contributed by atoms with E-state index in [4.69, 9.17) is 23.2 Å². The third kappa shape index (κ3) is 6.03. The number of anilines is 1. The first kappa shape index (κ1) is 22.2. The molecule has 1 amide bonds. The molecule has 0 aromatic heterocycles. The Morgan fingerprint density at radius 1 is 0.933 bits per heavy atom. The molecule has 3 aromatic rings. The molecule has 0 aliphatic carbocycles. The number of carbonyl (C=O) groups is 1. The highest BCUT2D eigenvalue weighted by molar-refractivity contribution is 7.89. The summed E-state index contributed by atoms with van der Waals surface area (Å²) in [6, 6.07) is 16.7. The molecule has 0 heterocycles. The van der Waals surface area contributed by atoms with Crippen molar-refractivity contribution in [3.8, 4) is 0 Å². The maximum atomic E-state index is 13.2. The number of benzene rings is 3. The van der Waals surface area contributed by atoms with Crippen LogP contribution in [0.15, 0.2) is 77.7 Å². The van der Waals surface area contributed by atoms with Crippen LogP contribution in [0.3, 0.4) is 0 Å². The first-order chi connectivity index (χ1) is 14.2. The lowest BCUT2D eigenvalue weighted by Gasteiger charge is -2.19. The predicted octanol–water partition coefficient (Wildman–Crippen LogP) is 4.66. The lowest BCUT2D eigenvalue weighted by molar-refractivity contribution is -0.117.